The zero-order valence-corrected chi connectivity index (χ0v) is 11.7. The molecule has 0 atom stereocenters. The molecule has 0 unspecified atom stereocenters. The molecule has 1 aromatic carbocycles. The van der Waals surface area contributed by atoms with Gasteiger partial charge in [-0.25, -0.2) is 14.4 Å². The first-order chi connectivity index (χ1) is 9.14. The van der Waals surface area contributed by atoms with Crippen LogP contribution >= 0.6 is 0 Å². The first-order valence-electron chi connectivity index (χ1n) is 5.84. The molecule has 0 saturated carbocycles. The molecule has 0 spiro atoms. The molecule has 108 valence electrons. The fourth-order valence-corrected chi connectivity index (χ4v) is 1.44. The van der Waals surface area contributed by atoms with Crippen molar-refractivity contribution in [2.45, 2.75) is 26.4 Å². The van der Waals surface area contributed by atoms with Crippen molar-refractivity contribution < 1.29 is 29.0 Å². The van der Waals surface area contributed by atoms with Crippen LogP contribution in [0.15, 0.2) is 18.2 Å². The molecular formula is C14H16O6. The van der Waals surface area contributed by atoms with Crippen LogP contribution in [0.4, 0.5) is 0 Å². The van der Waals surface area contributed by atoms with Crippen molar-refractivity contribution in [2.24, 2.45) is 0 Å². The van der Waals surface area contributed by atoms with Crippen LogP contribution in [0.3, 0.4) is 0 Å². The van der Waals surface area contributed by atoms with Gasteiger partial charge < -0.3 is 14.6 Å². The Kier molecular flexibility index (Phi) is 4.49. The molecular weight excluding hydrogens is 264 g/mol. The van der Waals surface area contributed by atoms with E-state index in [9.17, 15) is 14.4 Å². The maximum absolute atomic E-state index is 11.9. The number of hydrogen-bond donors (Lipinski definition) is 1. The summed E-state index contributed by atoms with van der Waals surface area (Å²) < 4.78 is 9.67. The summed E-state index contributed by atoms with van der Waals surface area (Å²) in [5.41, 5.74) is -0.941. The van der Waals surface area contributed by atoms with Gasteiger partial charge in [-0.1, -0.05) is 0 Å². The van der Waals surface area contributed by atoms with Crippen molar-refractivity contribution in [1.82, 2.24) is 0 Å². The zero-order chi connectivity index (χ0) is 15.5. The largest absolute Gasteiger partial charge is 0.478 e. The van der Waals surface area contributed by atoms with E-state index in [1.165, 1.54) is 13.2 Å². The van der Waals surface area contributed by atoms with Crippen LogP contribution in [-0.4, -0.2) is 35.7 Å². The van der Waals surface area contributed by atoms with Crippen LogP contribution < -0.4 is 0 Å². The highest BCUT2D eigenvalue weighted by Gasteiger charge is 2.21. The second-order valence-corrected chi connectivity index (χ2v) is 5.10. The van der Waals surface area contributed by atoms with Crippen molar-refractivity contribution in [3.63, 3.8) is 0 Å². The van der Waals surface area contributed by atoms with E-state index >= 15 is 0 Å². The summed E-state index contributed by atoms with van der Waals surface area (Å²) in [6.07, 6.45) is 0. The van der Waals surface area contributed by atoms with Gasteiger partial charge >= 0.3 is 17.9 Å². The van der Waals surface area contributed by atoms with E-state index in [1.807, 2.05) is 0 Å². The Balaban J connectivity index is 3.25. The van der Waals surface area contributed by atoms with Gasteiger partial charge in [-0.2, -0.15) is 0 Å². The molecule has 0 bridgehead atoms. The molecule has 6 nitrogen and oxygen atoms in total. The summed E-state index contributed by atoms with van der Waals surface area (Å²) in [7, 11) is 1.17. The predicted octanol–water partition coefficient (Wildman–Crippen LogP) is 2.13. The predicted molar refractivity (Wildman–Crippen MR) is 69.9 cm³/mol. The maximum atomic E-state index is 11.9. The van der Waals surface area contributed by atoms with E-state index in [1.54, 1.807) is 20.8 Å². The SMILES string of the molecule is COC(=O)c1cc(C(=O)O)cc(C(=O)OC(C)(C)C)c1. The van der Waals surface area contributed by atoms with Gasteiger partial charge in [-0.15, -0.1) is 0 Å². The molecule has 1 N–H and O–H groups in total. The Morgan fingerprint density at radius 2 is 1.40 bits per heavy atom. The van der Waals surface area contributed by atoms with E-state index in [0.29, 0.717) is 0 Å². The third-order valence-electron chi connectivity index (χ3n) is 2.24. The van der Waals surface area contributed by atoms with Crippen LogP contribution in [0.25, 0.3) is 0 Å². The minimum absolute atomic E-state index is 0.0137. The highest BCUT2D eigenvalue weighted by molar-refractivity contribution is 6.00. The highest BCUT2D eigenvalue weighted by Crippen LogP contribution is 2.16. The van der Waals surface area contributed by atoms with Gasteiger partial charge in [0.2, 0.25) is 0 Å². The third-order valence-corrected chi connectivity index (χ3v) is 2.24. The van der Waals surface area contributed by atoms with Gasteiger partial charge in [0.05, 0.1) is 23.8 Å². The highest BCUT2D eigenvalue weighted by atomic mass is 16.6. The average molecular weight is 280 g/mol. The monoisotopic (exact) mass is 280 g/mol. The summed E-state index contributed by atoms with van der Waals surface area (Å²) in [5.74, 6) is -2.68. The fraction of sp³-hybridized carbons (Fsp3) is 0.357. The molecule has 0 radical (unpaired) electrons. The number of methoxy groups -OCH3 is 1. The van der Waals surface area contributed by atoms with Crippen molar-refractivity contribution in [3.05, 3.63) is 34.9 Å². The summed E-state index contributed by atoms with van der Waals surface area (Å²) in [6.45, 7) is 5.06. The molecule has 1 rings (SSSR count). The molecule has 0 aromatic heterocycles. The summed E-state index contributed by atoms with van der Waals surface area (Å²) >= 11 is 0. The van der Waals surface area contributed by atoms with Crippen molar-refractivity contribution >= 4 is 17.9 Å². The lowest BCUT2D eigenvalue weighted by Gasteiger charge is -2.19. The van der Waals surface area contributed by atoms with Crippen LogP contribution in [0.5, 0.6) is 0 Å². The number of carbonyl (C=O) groups excluding carboxylic acids is 2. The number of ether oxygens (including phenoxy) is 2. The van der Waals surface area contributed by atoms with E-state index in [0.717, 1.165) is 12.1 Å². The van der Waals surface area contributed by atoms with Gasteiger partial charge in [-0.05, 0) is 39.0 Å². The Labute approximate surface area is 116 Å². The van der Waals surface area contributed by atoms with E-state index in [-0.39, 0.29) is 16.7 Å². The van der Waals surface area contributed by atoms with Crippen molar-refractivity contribution in [1.29, 1.82) is 0 Å². The average Bonchev–Trinajstić information content (AvgIpc) is 2.35. The lowest BCUT2D eigenvalue weighted by molar-refractivity contribution is 0.00695. The Bertz CT molecular complexity index is 553. The maximum Gasteiger partial charge on any atom is 0.338 e. The van der Waals surface area contributed by atoms with Gasteiger partial charge in [0.1, 0.15) is 5.60 Å². The number of rotatable bonds is 3. The van der Waals surface area contributed by atoms with Crippen LogP contribution in [0.2, 0.25) is 0 Å². The molecule has 0 amide bonds. The second-order valence-electron chi connectivity index (χ2n) is 5.10. The van der Waals surface area contributed by atoms with E-state index in [2.05, 4.69) is 4.74 Å². The normalized spacial score (nSPS) is 10.8. The molecule has 20 heavy (non-hydrogen) atoms. The van der Waals surface area contributed by atoms with Gasteiger partial charge in [0.15, 0.2) is 0 Å². The summed E-state index contributed by atoms with van der Waals surface area (Å²) in [4.78, 5) is 34.4. The number of benzene rings is 1. The van der Waals surface area contributed by atoms with Crippen LogP contribution in [0, 0.1) is 0 Å². The number of aromatic carboxylic acids is 1. The molecule has 0 fully saturated rings. The summed E-state index contributed by atoms with van der Waals surface area (Å²) in [5, 5.41) is 9.00. The molecule has 0 aliphatic heterocycles. The molecule has 0 heterocycles. The Hall–Kier alpha value is -2.37. The molecule has 1 aromatic rings. The second kappa shape index (κ2) is 5.73. The van der Waals surface area contributed by atoms with Gasteiger partial charge in [0.25, 0.3) is 0 Å². The van der Waals surface area contributed by atoms with E-state index in [4.69, 9.17) is 9.84 Å². The number of carboxylic acids is 1. The lowest BCUT2D eigenvalue weighted by Crippen LogP contribution is -2.24. The van der Waals surface area contributed by atoms with Crippen molar-refractivity contribution in [3.8, 4) is 0 Å². The third kappa shape index (κ3) is 4.08. The lowest BCUT2D eigenvalue weighted by atomic mass is 10.1. The number of hydrogen-bond acceptors (Lipinski definition) is 5. The Morgan fingerprint density at radius 1 is 0.950 bits per heavy atom. The smallest absolute Gasteiger partial charge is 0.338 e. The molecule has 0 aliphatic carbocycles. The van der Waals surface area contributed by atoms with Crippen LogP contribution in [0.1, 0.15) is 51.8 Å². The van der Waals surface area contributed by atoms with Gasteiger partial charge in [-0.3, -0.25) is 0 Å². The quantitative estimate of drug-likeness (QED) is 0.853. The standard InChI is InChI=1S/C14H16O6/c1-14(2,3)20-13(18)10-6-8(11(15)16)5-9(7-10)12(17)19-4/h5-7H,1-4H3,(H,15,16). The minimum atomic E-state index is -1.25. The summed E-state index contributed by atoms with van der Waals surface area (Å²) in [6, 6.07) is 3.54. The minimum Gasteiger partial charge on any atom is -0.478 e. The number of carboxylic acid groups (broad SMARTS) is 1. The topological polar surface area (TPSA) is 89.9 Å². The fourth-order valence-electron chi connectivity index (χ4n) is 1.44. The first kappa shape index (κ1) is 15.7. The molecule has 0 aliphatic rings. The zero-order valence-electron chi connectivity index (χ0n) is 11.7. The Morgan fingerprint density at radius 3 is 1.80 bits per heavy atom. The number of esters is 2. The van der Waals surface area contributed by atoms with Crippen LogP contribution in [-0.2, 0) is 9.47 Å². The van der Waals surface area contributed by atoms with Gasteiger partial charge in [0, 0.05) is 0 Å². The molecule has 6 heteroatoms. The van der Waals surface area contributed by atoms with E-state index < -0.39 is 23.5 Å². The molecule has 0 saturated heterocycles. The van der Waals surface area contributed by atoms with Crippen molar-refractivity contribution in [2.75, 3.05) is 7.11 Å². The first-order valence-corrected chi connectivity index (χ1v) is 5.84. The number of carbonyl (C=O) groups is 3.